The number of amides is 1. The van der Waals surface area contributed by atoms with Crippen LogP contribution in [0.2, 0.25) is 0 Å². The van der Waals surface area contributed by atoms with Gasteiger partial charge in [-0.3, -0.25) is 4.79 Å². The minimum atomic E-state index is -0.211. The maximum absolute atomic E-state index is 10.9. The molecule has 1 heterocycles. The van der Waals surface area contributed by atoms with Gasteiger partial charge in [-0.2, -0.15) is 0 Å². The van der Waals surface area contributed by atoms with Crippen molar-refractivity contribution in [3.63, 3.8) is 0 Å². The van der Waals surface area contributed by atoms with Crippen molar-refractivity contribution in [1.82, 2.24) is 10.3 Å². The lowest BCUT2D eigenvalue weighted by atomic mass is 10.3. The summed E-state index contributed by atoms with van der Waals surface area (Å²) in [5, 5.41) is 6.26. The summed E-state index contributed by atoms with van der Waals surface area (Å²) in [5.41, 5.74) is 0.863. The van der Waals surface area contributed by atoms with Crippen LogP contribution in [0, 0.1) is 0 Å². The molecule has 19 heavy (non-hydrogen) atoms. The number of thiocarbonyl (C=S) groups is 1. The smallest absolute Gasteiger partial charge is 0.222 e. The molecule has 0 unspecified atom stereocenters. The van der Waals surface area contributed by atoms with Gasteiger partial charge in [0.05, 0.1) is 16.8 Å². The number of ether oxygens (including phenoxy) is 1. The van der Waals surface area contributed by atoms with E-state index >= 15 is 0 Å². The summed E-state index contributed by atoms with van der Waals surface area (Å²) in [6.07, 6.45) is 0. The molecule has 7 heteroatoms. The van der Waals surface area contributed by atoms with Crippen molar-refractivity contribution in [2.45, 2.75) is 13.8 Å². The van der Waals surface area contributed by atoms with Crippen LogP contribution in [-0.4, -0.2) is 22.6 Å². The molecule has 0 atom stereocenters. The summed E-state index contributed by atoms with van der Waals surface area (Å²) in [6, 6.07) is 5.70. The van der Waals surface area contributed by atoms with Crippen molar-refractivity contribution in [3.8, 4) is 5.75 Å². The van der Waals surface area contributed by atoms with E-state index in [1.807, 2.05) is 25.1 Å². The third-order valence-electron chi connectivity index (χ3n) is 2.18. The molecule has 1 aromatic carbocycles. The van der Waals surface area contributed by atoms with Crippen LogP contribution in [-0.2, 0) is 4.79 Å². The van der Waals surface area contributed by atoms with Gasteiger partial charge >= 0.3 is 0 Å². The lowest BCUT2D eigenvalue weighted by Gasteiger charge is -2.03. The van der Waals surface area contributed by atoms with E-state index < -0.39 is 0 Å². The molecule has 5 nitrogen and oxygen atoms in total. The molecule has 0 aliphatic rings. The minimum Gasteiger partial charge on any atom is -0.494 e. The van der Waals surface area contributed by atoms with Crippen LogP contribution in [0.25, 0.3) is 10.2 Å². The fraction of sp³-hybridized carbons (Fsp3) is 0.250. The Balaban J connectivity index is 2.17. The fourth-order valence-electron chi connectivity index (χ4n) is 1.50. The first kappa shape index (κ1) is 13.7. The number of anilines is 1. The van der Waals surface area contributed by atoms with Gasteiger partial charge in [0, 0.05) is 6.92 Å². The van der Waals surface area contributed by atoms with E-state index in [0.29, 0.717) is 11.7 Å². The van der Waals surface area contributed by atoms with Crippen LogP contribution in [0.15, 0.2) is 18.2 Å². The minimum absolute atomic E-state index is 0.211. The predicted molar refractivity (Wildman–Crippen MR) is 80.8 cm³/mol. The Hall–Kier alpha value is -1.73. The quantitative estimate of drug-likeness (QED) is 0.852. The topological polar surface area (TPSA) is 63.2 Å². The number of thiazole rings is 1. The van der Waals surface area contributed by atoms with E-state index in [9.17, 15) is 4.79 Å². The van der Waals surface area contributed by atoms with E-state index in [-0.39, 0.29) is 11.0 Å². The zero-order valence-electron chi connectivity index (χ0n) is 10.5. The first-order valence-electron chi connectivity index (χ1n) is 5.70. The molecule has 0 saturated heterocycles. The zero-order chi connectivity index (χ0) is 13.8. The van der Waals surface area contributed by atoms with Crippen LogP contribution >= 0.6 is 23.6 Å². The fourth-order valence-corrected chi connectivity index (χ4v) is 2.71. The molecule has 1 amide bonds. The van der Waals surface area contributed by atoms with Gasteiger partial charge in [0.1, 0.15) is 5.75 Å². The number of nitrogens with zero attached hydrogens (tertiary/aromatic N) is 1. The van der Waals surface area contributed by atoms with Gasteiger partial charge < -0.3 is 15.4 Å². The van der Waals surface area contributed by atoms with E-state index in [4.69, 9.17) is 17.0 Å². The molecule has 2 rings (SSSR count). The van der Waals surface area contributed by atoms with Gasteiger partial charge in [0.2, 0.25) is 5.91 Å². The predicted octanol–water partition coefficient (Wildman–Crippen LogP) is 2.53. The molecule has 0 bridgehead atoms. The SMILES string of the molecule is CCOc1ccc2nc(NC(=S)NC(C)=O)sc2c1. The van der Waals surface area contributed by atoms with Crippen molar-refractivity contribution in [2.75, 3.05) is 11.9 Å². The molecule has 0 aliphatic heterocycles. The Morgan fingerprint density at radius 2 is 2.32 bits per heavy atom. The highest BCUT2D eigenvalue weighted by atomic mass is 32.1. The van der Waals surface area contributed by atoms with E-state index in [0.717, 1.165) is 16.0 Å². The Bertz CT molecular complexity index is 624. The Labute approximate surface area is 120 Å². The van der Waals surface area contributed by atoms with Gasteiger partial charge in [-0.1, -0.05) is 11.3 Å². The molecule has 0 spiro atoms. The molecular weight excluding hydrogens is 282 g/mol. The molecule has 0 fully saturated rings. The average molecular weight is 295 g/mol. The number of rotatable bonds is 3. The summed E-state index contributed by atoms with van der Waals surface area (Å²) in [4.78, 5) is 15.2. The maximum atomic E-state index is 10.9. The lowest BCUT2D eigenvalue weighted by Crippen LogP contribution is -2.32. The monoisotopic (exact) mass is 295 g/mol. The molecular formula is C12H13N3O2S2. The second-order valence-electron chi connectivity index (χ2n) is 3.72. The number of carbonyl (C=O) groups excluding carboxylic acids is 1. The highest BCUT2D eigenvalue weighted by Gasteiger charge is 2.07. The molecule has 2 aromatic rings. The Morgan fingerprint density at radius 3 is 3.00 bits per heavy atom. The van der Waals surface area contributed by atoms with E-state index in [1.54, 1.807) is 0 Å². The molecule has 1 aromatic heterocycles. The first-order chi connectivity index (χ1) is 9.08. The summed E-state index contributed by atoms with van der Waals surface area (Å²) >= 11 is 6.43. The number of benzene rings is 1. The summed E-state index contributed by atoms with van der Waals surface area (Å²) in [6.45, 7) is 3.97. The van der Waals surface area contributed by atoms with Gasteiger partial charge in [-0.05, 0) is 37.3 Å². The highest BCUT2D eigenvalue weighted by molar-refractivity contribution is 7.80. The third-order valence-corrected chi connectivity index (χ3v) is 3.32. The van der Waals surface area contributed by atoms with Crippen LogP contribution in [0.5, 0.6) is 5.75 Å². The van der Waals surface area contributed by atoms with Crippen molar-refractivity contribution < 1.29 is 9.53 Å². The van der Waals surface area contributed by atoms with Crippen molar-refractivity contribution in [2.24, 2.45) is 0 Å². The van der Waals surface area contributed by atoms with Crippen LogP contribution in [0.3, 0.4) is 0 Å². The highest BCUT2D eigenvalue weighted by Crippen LogP contribution is 2.29. The zero-order valence-corrected chi connectivity index (χ0v) is 12.2. The van der Waals surface area contributed by atoms with Crippen molar-refractivity contribution in [1.29, 1.82) is 0 Å². The van der Waals surface area contributed by atoms with Crippen molar-refractivity contribution in [3.05, 3.63) is 18.2 Å². The largest absolute Gasteiger partial charge is 0.494 e. The lowest BCUT2D eigenvalue weighted by molar-refractivity contribution is -0.117. The summed E-state index contributed by atoms with van der Waals surface area (Å²) in [5.74, 6) is 0.604. The summed E-state index contributed by atoms with van der Waals surface area (Å²) < 4.78 is 6.43. The van der Waals surface area contributed by atoms with Crippen molar-refractivity contribution >= 4 is 49.9 Å². The van der Waals surface area contributed by atoms with Crippen LogP contribution in [0.4, 0.5) is 5.13 Å². The number of hydrogen-bond acceptors (Lipinski definition) is 5. The molecule has 0 radical (unpaired) electrons. The van der Waals surface area contributed by atoms with Gasteiger partial charge in [0.15, 0.2) is 10.2 Å². The van der Waals surface area contributed by atoms with Crippen LogP contribution < -0.4 is 15.4 Å². The number of aromatic nitrogens is 1. The van der Waals surface area contributed by atoms with E-state index in [2.05, 4.69) is 15.6 Å². The number of carbonyl (C=O) groups is 1. The Kier molecular flexibility index (Phi) is 4.28. The number of nitrogens with one attached hydrogen (secondary N) is 2. The van der Waals surface area contributed by atoms with Crippen LogP contribution in [0.1, 0.15) is 13.8 Å². The second-order valence-corrected chi connectivity index (χ2v) is 5.16. The van der Waals surface area contributed by atoms with Gasteiger partial charge in [-0.15, -0.1) is 0 Å². The molecule has 100 valence electrons. The van der Waals surface area contributed by atoms with Gasteiger partial charge in [-0.25, -0.2) is 4.98 Å². The molecule has 0 aliphatic carbocycles. The van der Waals surface area contributed by atoms with Gasteiger partial charge in [0.25, 0.3) is 0 Å². The average Bonchev–Trinajstić information content (AvgIpc) is 2.69. The normalized spacial score (nSPS) is 10.2. The van der Waals surface area contributed by atoms with E-state index in [1.165, 1.54) is 18.3 Å². The second kappa shape index (κ2) is 5.94. The number of hydrogen-bond donors (Lipinski definition) is 2. The molecule has 2 N–H and O–H groups in total. The standard InChI is InChI=1S/C12H13N3O2S2/c1-3-17-8-4-5-9-10(6-8)19-12(14-9)15-11(18)13-7(2)16/h4-6H,3H2,1-2H3,(H2,13,14,15,16,18). The maximum Gasteiger partial charge on any atom is 0.222 e. The Morgan fingerprint density at radius 1 is 1.53 bits per heavy atom. The first-order valence-corrected chi connectivity index (χ1v) is 6.93. The number of fused-ring (bicyclic) bond motifs is 1. The molecule has 0 saturated carbocycles. The third kappa shape index (κ3) is 3.62. The summed E-state index contributed by atoms with van der Waals surface area (Å²) in [7, 11) is 0.